The fraction of sp³-hybridized carbons (Fsp3) is 0.462. The van der Waals surface area contributed by atoms with Crippen molar-refractivity contribution in [3.8, 4) is 0 Å². The van der Waals surface area contributed by atoms with Gasteiger partial charge in [0.2, 0.25) is 0 Å². The number of carbonyl (C=O) groups excluding carboxylic acids is 1. The van der Waals surface area contributed by atoms with Gasteiger partial charge in [-0.15, -0.1) is 11.3 Å². The molecule has 5 nitrogen and oxygen atoms in total. The van der Waals surface area contributed by atoms with E-state index in [4.69, 9.17) is 0 Å². The molecule has 2 rings (SSSR count). The smallest absolute Gasteiger partial charge is 0.297 e. The van der Waals surface area contributed by atoms with Crippen molar-refractivity contribution in [3.63, 3.8) is 0 Å². The Morgan fingerprint density at radius 3 is 2.55 bits per heavy atom. The van der Waals surface area contributed by atoms with Gasteiger partial charge in [-0.2, -0.15) is 11.8 Å². The molecule has 108 valence electrons. The van der Waals surface area contributed by atoms with Crippen LogP contribution in [0, 0.1) is 6.92 Å². The fourth-order valence-corrected chi connectivity index (χ4v) is 3.68. The number of hydrogen-bond donors (Lipinski definition) is 0. The topological polar surface area (TPSA) is 61.1 Å². The second-order valence-corrected chi connectivity index (χ2v) is 6.38. The molecule has 0 amide bonds. The van der Waals surface area contributed by atoms with Gasteiger partial charge in [0.25, 0.3) is 5.56 Å². The van der Waals surface area contributed by atoms with Crippen molar-refractivity contribution in [3.05, 3.63) is 31.3 Å². The van der Waals surface area contributed by atoms with E-state index in [-0.39, 0.29) is 11.2 Å². The molecular weight excluding hydrogens is 296 g/mol. The van der Waals surface area contributed by atoms with E-state index in [2.05, 4.69) is 0 Å². The molecule has 0 fully saturated rings. The quantitative estimate of drug-likeness (QED) is 0.789. The van der Waals surface area contributed by atoms with E-state index in [9.17, 15) is 14.4 Å². The van der Waals surface area contributed by atoms with Gasteiger partial charge in [0.15, 0.2) is 6.29 Å². The van der Waals surface area contributed by atoms with Crippen molar-refractivity contribution in [2.45, 2.75) is 26.9 Å². The van der Waals surface area contributed by atoms with Crippen LogP contribution in [0.15, 0.2) is 9.59 Å². The maximum absolute atomic E-state index is 12.4. The van der Waals surface area contributed by atoms with Crippen molar-refractivity contribution < 1.29 is 4.79 Å². The van der Waals surface area contributed by atoms with Gasteiger partial charge in [0.05, 0.1) is 10.3 Å². The lowest BCUT2D eigenvalue weighted by Gasteiger charge is -2.10. The second kappa shape index (κ2) is 5.97. The molecule has 2 heterocycles. The molecule has 0 unspecified atom stereocenters. The first kappa shape index (κ1) is 15.1. The average Bonchev–Trinajstić information content (AvgIpc) is 2.76. The number of nitrogens with zero attached hydrogens (tertiary/aromatic N) is 2. The molecule has 20 heavy (non-hydrogen) atoms. The molecular formula is C13H16N2O3S2. The van der Waals surface area contributed by atoms with Crippen LogP contribution in [0.1, 0.15) is 22.2 Å². The third-order valence-corrected chi connectivity index (χ3v) is 5.10. The molecule has 0 atom stereocenters. The highest BCUT2D eigenvalue weighted by Crippen LogP contribution is 2.26. The van der Waals surface area contributed by atoms with E-state index >= 15 is 0 Å². The minimum atomic E-state index is -0.297. The van der Waals surface area contributed by atoms with Crippen LogP contribution in [0.3, 0.4) is 0 Å². The van der Waals surface area contributed by atoms with Crippen LogP contribution >= 0.6 is 23.1 Å². The second-order valence-electron chi connectivity index (χ2n) is 4.37. The Labute approximate surface area is 124 Å². The Bertz CT molecular complexity index is 770. The molecule has 7 heteroatoms. The zero-order valence-electron chi connectivity index (χ0n) is 11.6. The standard InChI is InChI=1S/C13H16N2O3S2/c1-4-14-11(17)10-8(2)9(7-16)20-12(10)15(13(14)18)5-6-19-3/h7H,4-6H2,1-3H3. The third-order valence-electron chi connectivity index (χ3n) is 3.27. The van der Waals surface area contributed by atoms with E-state index in [1.807, 2.05) is 6.26 Å². The minimum absolute atomic E-state index is 0.294. The van der Waals surface area contributed by atoms with E-state index in [1.165, 1.54) is 15.9 Å². The molecule has 0 aliphatic rings. The predicted octanol–water partition coefficient (Wildman–Crippen LogP) is 1.73. The highest BCUT2D eigenvalue weighted by molar-refractivity contribution is 7.98. The monoisotopic (exact) mass is 312 g/mol. The van der Waals surface area contributed by atoms with E-state index < -0.39 is 0 Å². The first-order chi connectivity index (χ1) is 9.56. The van der Waals surface area contributed by atoms with E-state index in [0.29, 0.717) is 33.7 Å². The SMILES string of the molecule is CCn1c(=O)c2c(C)c(C=O)sc2n(CCSC)c1=O. The van der Waals surface area contributed by atoms with Crippen LogP contribution in [0.25, 0.3) is 10.2 Å². The summed E-state index contributed by atoms with van der Waals surface area (Å²) in [5, 5.41) is 0.500. The molecule has 2 aromatic rings. The van der Waals surface area contributed by atoms with Gasteiger partial charge in [0.1, 0.15) is 4.83 Å². The van der Waals surface area contributed by atoms with Gasteiger partial charge in [-0.05, 0) is 25.7 Å². The van der Waals surface area contributed by atoms with Crippen LogP contribution in [0.4, 0.5) is 0 Å². The van der Waals surface area contributed by atoms with Gasteiger partial charge >= 0.3 is 5.69 Å². The Morgan fingerprint density at radius 1 is 1.30 bits per heavy atom. The van der Waals surface area contributed by atoms with E-state index in [1.54, 1.807) is 30.2 Å². The lowest BCUT2D eigenvalue weighted by molar-refractivity contribution is 0.112. The zero-order valence-corrected chi connectivity index (χ0v) is 13.3. The lowest BCUT2D eigenvalue weighted by atomic mass is 10.2. The summed E-state index contributed by atoms with van der Waals surface area (Å²) in [6, 6.07) is 0. The summed E-state index contributed by atoms with van der Waals surface area (Å²) in [5.74, 6) is 0.782. The Morgan fingerprint density at radius 2 is 2.00 bits per heavy atom. The maximum Gasteiger partial charge on any atom is 0.332 e. The molecule has 0 aromatic carbocycles. The van der Waals surface area contributed by atoms with Crippen molar-refractivity contribution in [1.29, 1.82) is 0 Å². The molecule has 0 bridgehead atoms. The van der Waals surface area contributed by atoms with Crippen molar-refractivity contribution in [2.75, 3.05) is 12.0 Å². The van der Waals surface area contributed by atoms with Crippen LogP contribution < -0.4 is 11.2 Å². The molecule has 0 radical (unpaired) electrons. The summed E-state index contributed by atoms with van der Waals surface area (Å²) in [6.45, 7) is 4.40. The predicted molar refractivity (Wildman–Crippen MR) is 84.5 cm³/mol. The number of thioether (sulfide) groups is 1. The Balaban J connectivity index is 2.92. The van der Waals surface area contributed by atoms with Crippen molar-refractivity contribution in [2.24, 2.45) is 0 Å². The first-order valence-electron chi connectivity index (χ1n) is 6.27. The van der Waals surface area contributed by atoms with Gasteiger partial charge in [0, 0.05) is 18.8 Å². The van der Waals surface area contributed by atoms with Crippen molar-refractivity contribution in [1.82, 2.24) is 9.13 Å². The van der Waals surface area contributed by atoms with Gasteiger partial charge in [-0.1, -0.05) is 0 Å². The van der Waals surface area contributed by atoms with E-state index in [0.717, 1.165) is 12.0 Å². The molecule has 0 N–H and O–H groups in total. The number of thiophene rings is 1. The summed E-state index contributed by atoms with van der Waals surface area (Å²) in [7, 11) is 0. The highest BCUT2D eigenvalue weighted by Gasteiger charge is 2.18. The van der Waals surface area contributed by atoms with Crippen LogP contribution in [0.5, 0.6) is 0 Å². The number of carbonyl (C=O) groups is 1. The largest absolute Gasteiger partial charge is 0.332 e. The molecule has 2 aromatic heterocycles. The fourth-order valence-electron chi connectivity index (χ4n) is 2.18. The van der Waals surface area contributed by atoms with Crippen LogP contribution in [-0.2, 0) is 13.1 Å². The number of aromatic nitrogens is 2. The Kier molecular flexibility index (Phi) is 4.49. The molecule has 0 saturated carbocycles. The summed E-state index contributed by atoms with van der Waals surface area (Å²) in [5.41, 5.74) is 0.0811. The van der Waals surface area contributed by atoms with Crippen molar-refractivity contribution >= 4 is 39.6 Å². The van der Waals surface area contributed by atoms with Gasteiger partial charge < -0.3 is 0 Å². The summed E-state index contributed by atoms with van der Waals surface area (Å²) in [6.07, 6.45) is 2.72. The lowest BCUT2D eigenvalue weighted by Crippen LogP contribution is -2.39. The van der Waals surface area contributed by atoms with Gasteiger partial charge in [-0.3, -0.25) is 18.7 Å². The Hall–Kier alpha value is -1.34. The number of fused-ring (bicyclic) bond motifs is 1. The van der Waals surface area contributed by atoms with Crippen LogP contribution in [-0.4, -0.2) is 27.4 Å². The maximum atomic E-state index is 12.4. The molecule has 0 aliphatic heterocycles. The number of aryl methyl sites for hydroxylation is 2. The summed E-state index contributed by atoms with van der Waals surface area (Å²) in [4.78, 5) is 37.0. The third kappa shape index (κ3) is 2.25. The average molecular weight is 312 g/mol. The molecule has 0 spiro atoms. The normalized spacial score (nSPS) is 11.2. The number of aldehydes is 1. The minimum Gasteiger partial charge on any atom is -0.297 e. The first-order valence-corrected chi connectivity index (χ1v) is 8.48. The zero-order chi connectivity index (χ0) is 14.9. The molecule has 0 aliphatic carbocycles. The van der Waals surface area contributed by atoms with Gasteiger partial charge in [-0.25, -0.2) is 4.79 Å². The molecule has 0 saturated heterocycles. The summed E-state index contributed by atoms with van der Waals surface area (Å²) < 4.78 is 2.85. The highest BCUT2D eigenvalue weighted by atomic mass is 32.2. The summed E-state index contributed by atoms with van der Waals surface area (Å²) >= 11 is 2.86. The number of rotatable bonds is 5. The van der Waals surface area contributed by atoms with Crippen LogP contribution in [0.2, 0.25) is 0 Å². The number of hydrogen-bond acceptors (Lipinski definition) is 5.